The Labute approximate surface area is 167 Å². The molecule has 1 aliphatic heterocycles. The van der Waals surface area contributed by atoms with E-state index in [0.717, 1.165) is 31.2 Å². The number of ether oxygens (including phenoxy) is 2. The fourth-order valence-electron chi connectivity index (χ4n) is 4.48. The van der Waals surface area contributed by atoms with Gasteiger partial charge in [-0.25, -0.2) is 0 Å². The summed E-state index contributed by atoms with van der Waals surface area (Å²) in [5.74, 6) is 1.65. The van der Waals surface area contributed by atoms with E-state index in [4.69, 9.17) is 9.47 Å². The molecular weight excluding hydrogens is 356 g/mol. The first-order chi connectivity index (χ1) is 13.2. The van der Waals surface area contributed by atoms with Crippen LogP contribution in [0.3, 0.4) is 0 Å². The molecule has 2 fully saturated rings. The summed E-state index contributed by atoms with van der Waals surface area (Å²) in [6.45, 7) is 5.78. The molecule has 1 aliphatic carbocycles. The van der Waals surface area contributed by atoms with Gasteiger partial charge >= 0.3 is 0 Å². The van der Waals surface area contributed by atoms with E-state index in [2.05, 4.69) is 10.6 Å². The van der Waals surface area contributed by atoms with Gasteiger partial charge in [0.1, 0.15) is 0 Å². The second-order valence-electron chi connectivity index (χ2n) is 9.07. The van der Waals surface area contributed by atoms with Crippen LogP contribution in [0.4, 0.5) is 0 Å². The Morgan fingerprint density at radius 1 is 1.18 bits per heavy atom. The maximum atomic E-state index is 12.5. The van der Waals surface area contributed by atoms with Crippen LogP contribution < -0.4 is 20.1 Å². The van der Waals surface area contributed by atoms with Crippen molar-refractivity contribution >= 4 is 11.8 Å². The minimum Gasteiger partial charge on any atom is -0.493 e. The van der Waals surface area contributed by atoms with Gasteiger partial charge in [-0.1, -0.05) is 26.8 Å². The van der Waals surface area contributed by atoms with Crippen molar-refractivity contribution in [2.24, 2.45) is 5.41 Å². The van der Waals surface area contributed by atoms with Crippen LogP contribution in [0.15, 0.2) is 18.2 Å². The van der Waals surface area contributed by atoms with Gasteiger partial charge in [0.2, 0.25) is 11.8 Å². The van der Waals surface area contributed by atoms with E-state index in [1.165, 1.54) is 0 Å². The molecule has 154 valence electrons. The van der Waals surface area contributed by atoms with Gasteiger partial charge in [-0.2, -0.15) is 0 Å². The molecule has 2 aliphatic rings. The molecule has 0 aromatic heterocycles. The largest absolute Gasteiger partial charge is 0.493 e. The summed E-state index contributed by atoms with van der Waals surface area (Å²) in [4.78, 5) is 24.6. The number of amides is 2. The van der Waals surface area contributed by atoms with Gasteiger partial charge in [0.15, 0.2) is 11.5 Å². The second kappa shape index (κ2) is 7.64. The summed E-state index contributed by atoms with van der Waals surface area (Å²) < 4.78 is 10.9. The molecule has 2 N–H and O–H groups in total. The zero-order valence-corrected chi connectivity index (χ0v) is 17.6. The van der Waals surface area contributed by atoms with E-state index in [0.29, 0.717) is 17.9 Å². The third-order valence-corrected chi connectivity index (χ3v) is 6.14. The summed E-state index contributed by atoms with van der Waals surface area (Å²) in [6, 6.07) is 6.05. The summed E-state index contributed by atoms with van der Waals surface area (Å²) in [5.41, 5.74) is 0.435. The van der Waals surface area contributed by atoms with Gasteiger partial charge in [-0.3, -0.25) is 9.59 Å². The topological polar surface area (TPSA) is 76.7 Å². The molecule has 1 saturated carbocycles. The third kappa shape index (κ3) is 3.96. The molecule has 3 atom stereocenters. The molecule has 0 radical (unpaired) electrons. The Kier molecular flexibility index (Phi) is 5.60. The number of nitrogens with one attached hydrogen (secondary N) is 2. The number of hydrogen-bond donors (Lipinski definition) is 2. The highest BCUT2D eigenvalue weighted by molar-refractivity contribution is 5.82. The van der Waals surface area contributed by atoms with E-state index >= 15 is 0 Å². The van der Waals surface area contributed by atoms with Gasteiger partial charge in [0.25, 0.3) is 0 Å². The number of carbonyl (C=O) groups excluding carboxylic acids is 2. The lowest BCUT2D eigenvalue weighted by Crippen LogP contribution is -2.54. The van der Waals surface area contributed by atoms with E-state index < -0.39 is 5.41 Å². The highest BCUT2D eigenvalue weighted by Gasteiger charge is 2.48. The summed E-state index contributed by atoms with van der Waals surface area (Å²) in [5, 5.41) is 6.48. The first kappa shape index (κ1) is 20.5. The first-order valence-corrected chi connectivity index (χ1v) is 10.0. The van der Waals surface area contributed by atoms with Crippen molar-refractivity contribution in [2.45, 2.75) is 70.4 Å². The van der Waals surface area contributed by atoms with Crippen LogP contribution in [-0.4, -0.2) is 37.6 Å². The molecule has 1 aromatic carbocycles. The maximum absolute atomic E-state index is 12.5. The monoisotopic (exact) mass is 388 g/mol. The summed E-state index contributed by atoms with van der Waals surface area (Å²) >= 11 is 0. The normalized spacial score (nSPS) is 27.4. The number of carbonyl (C=O) groups is 2. The fraction of sp³-hybridized carbons (Fsp3) is 0.636. The fourth-order valence-corrected chi connectivity index (χ4v) is 4.48. The van der Waals surface area contributed by atoms with Crippen LogP contribution in [0, 0.1) is 5.41 Å². The van der Waals surface area contributed by atoms with Crippen molar-refractivity contribution in [1.29, 1.82) is 0 Å². The number of benzene rings is 1. The molecule has 6 heteroatoms. The van der Waals surface area contributed by atoms with E-state index in [1.54, 1.807) is 14.2 Å². The highest BCUT2D eigenvalue weighted by atomic mass is 16.5. The van der Waals surface area contributed by atoms with Crippen LogP contribution in [0.1, 0.15) is 64.4 Å². The zero-order valence-electron chi connectivity index (χ0n) is 17.6. The van der Waals surface area contributed by atoms with E-state index in [1.807, 2.05) is 39.0 Å². The minimum atomic E-state index is -0.421. The van der Waals surface area contributed by atoms with Gasteiger partial charge in [-0.05, 0) is 43.4 Å². The lowest BCUT2D eigenvalue weighted by Gasteiger charge is -2.45. The second-order valence-corrected chi connectivity index (χ2v) is 9.07. The summed E-state index contributed by atoms with van der Waals surface area (Å²) in [7, 11) is 3.25. The summed E-state index contributed by atoms with van der Waals surface area (Å²) in [6.07, 6.45) is 3.89. The van der Waals surface area contributed by atoms with Crippen LogP contribution >= 0.6 is 0 Å². The maximum Gasteiger partial charge on any atom is 0.225 e. The van der Waals surface area contributed by atoms with Crippen molar-refractivity contribution in [1.82, 2.24) is 10.6 Å². The Morgan fingerprint density at radius 3 is 2.46 bits per heavy atom. The Morgan fingerprint density at radius 2 is 1.89 bits per heavy atom. The Hall–Kier alpha value is -2.24. The first-order valence-electron chi connectivity index (χ1n) is 10.0. The molecule has 0 unspecified atom stereocenters. The average molecular weight is 389 g/mol. The molecule has 1 saturated heterocycles. The van der Waals surface area contributed by atoms with Crippen molar-refractivity contribution in [3.05, 3.63) is 23.8 Å². The SMILES string of the molecule is COc1ccc([C@H]2C[C@@H](NC(=O)C(C)(C)C)CC[C@]23CCC(=O)N3)cc1OC. The standard InChI is InChI=1S/C22H32N2O4/c1-21(2,3)20(26)23-15-8-10-22(11-9-19(25)24-22)16(13-15)14-6-7-17(27-4)18(12-14)28-5/h6-7,12,15-16H,8-11,13H2,1-5H3,(H,23,26)(H,24,25)/t15-,16+,22-/m0/s1. The molecule has 0 bridgehead atoms. The average Bonchev–Trinajstić information content (AvgIpc) is 3.03. The van der Waals surface area contributed by atoms with Gasteiger partial charge in [0, 0.05) is 29.3 Å². The number of methoxy groups -OCH3 is 2. The number of rotatable bonds is 4. The Bertz CT molecular complexity index is 755. The van der Waals surface area contributed by atoms with Crippen LogP contribution in [0.2, 0.25) is 0 Å². The van der Waals surface area contributed by atoms with E-state index in [-0.39, 0.29) is 29.3 Å². The predicted octanol–water partition coefficient (Wildman–Crippen LogP) is 3.15. The van der Waals surface area contributed by atoms with Gasteiger partial charge in [0.05, 0.1) is 14.2 Å². The smallest absolute Gasteiger partial charge is 0.225 e. The minimum absolute atomic E-state index is 0.0648. The molecule has 28 heavy (non-hydrogen) atoms. The lowest BCUT2D eigenvalue weighted by molar-refractivity contribution is -0.129. The number of hydrogen-bond acceptors (Lipinski definition) is 4. The molecule has 1 spiro atoms. The van der Waals surface area contributed by atoms with Crippen LogP contribution in [0.25, 0.3) is 0 Å². The van der Waals surface area contributed by atoms with Gasteiger partial charge < -0.3 is 20.1 Å². The molecular formula is C22H32N2O4. The quantitative estimate of drug-likeness (QED) is 0.831. The van der Waals surface area contributed by atoms with Crippen molar-refractivity contribution in [3.8, 4) is 11.5 Å². The Balaban J connectivity index is 1.90. The van der Waals surface area contributed by atoms with E-state index in [9.17, 15) is 9.59 Å². The van der Waals surface area contributed by atoms with Crippen molar-refractivity contribution < 1.29 is 19.1 Å². The van der Waals surface area contributed by atoms with Crippen LogP contribution in [0.5, 0.6) is 11.5 Å². The predicted molar refractivity (Wildman–Crippen MR) is 108 cm³/mol. The van der Waals surface area contributed by atoms with Crippen molar-refractivity contribution in [3.63, 3.8) is 0 Å². The zero-order chi connectivity index (χ0) is 20.5. The van der Waals surface area contributed by atoms with Crippen molar-refractivity contribution in [2.75, 3.05) is 14.2 Å². The lowest BCUT2D eigenvalue weighted by atomic mass is 9.67. The molecule has 3 rings (SSSR count). The van der Waals surface area contributed by atoms with Crippen LogP contribution in [-0.2, 0) is 9.59 Å². The molecule has 1 aromatic rings. The van der Waals surface area contributed by atoms with Gasteiger partial charge in [-0.15, -0.1) is 0 Å². The molecule has 6 nitrogen and oxygen atoms in total. The highest BCUT2D eigenvalue weighted by Crippen LogP contribution is 2.47. The molecule has 2 amide bonds. The third-order valence-electron chi connectivity index (χ3n) is 6.14. The molecule has 1 heterocycles.